The fourth-order valence-electron chi connectivity index (χ4n) is 2.89. The molecule has 1 saturated carbocycles. The second-order valence-corrected chi connectivity index (χ2v) is 5.43. The lowest BCUT2D eigenvalue weighted by Crippen LogP contribution is -2.32. The van der Waals surface area contributed by atoms with Crippen molar-refractivity contribution in [3.63, 3.8) is 0 Å². The van der Waals surface area contributed by atoms with Gasteiger partial charge in [-0.15, -0.1) is 0 Å². The molecule has 1 aliphatic rings. The highest BCUT2D eigenvalue weighted by Crippen LogP contribution is 2.29. The minimum atomic E-state index is 0.323. The summed E-state index contributed by atoms with van der Waals surface area (Å²) in [5.41, 5.74) is 1.91. The normalized spacial score (nSPS) is 22.9. The van der Waals surface area contributed by atoms with E-state index in [0.717, 1.165) is 13.1 Å². The summed E-state index contributed by atoms with van der Waals surface area (Å²) in [5.74, 6) is 1.08. The zero-order valence-electron chi connectivity index (χ0n) is 11.3. The smallest absolute Gasteiger partial charge is 0.0991 e. The predicted molar refractivity (Wildman–Crippen MR) is 75.4 cm³/mol. The molecule has 0 aliphatic heterocycles. The van der Waals surface area contributed by atoms with Crippen molar-refractivity contribution in [2.45, 2.75) is 32.2 Å². The Labute approximate surface area is 115 Å². The molecular formula is C16H22N2O. The van der Waals surface area contributed by atoms with Crippen molar-refractivity contribution in [2.75, 3.05) is 13.2 Å². The van der Waals surface area contributed by atoms with Crippen LogP contribution in [-0.4, -0.2) is 18.3 Å². The minimum Gasteiger partial charge on any atom is -0.396 e. The van der Waals surface area contributed by atoms with Crippen molar-refractivity contribution in [1.29, 1.82) is 5.26 Å². The third-order valence-corrected chi connectivity index (χ3v) is 4.12. The molecule has 2 unspecified atom stereocenters. The lowest BCUT2D eigenvalue weighted by Gasteiger charge is -2.30. The monoisotopic (exact) mass is 258 g/mol. The van der Waals surface area contributed by atoms with Crippen LogP contribution in [0.1, 0.15) is 36.8 Å². The maximum atomic E-state index is 9.38. The predicted octanol–water partition coefficient (Wildman–Crippen LogP) is 2.45. The van der Waals surface area contributed by atoms with E-state index in [9.17, 15) is 5.11 Å². The standard InChI is InChI=1S/C16H22N2O/c17-9-13-5-7-14(8-6-13)10-18-11-15-3-1-2-4-16(15)12-19/h5-8,15-16,18-19H,1-4,10-12H2. The Morgan fingerprint density at radius 3 is 2.47 bits per heavy atom. The third-order valence-electron chi connectivity index (χ3n) is 4.12. The van der Waals surface area contributed by atoms with E-state index in [0.29, 0.717) is 24.0 Å². The van der Waals surface area contributed by atoms with Crippen molar-refractivity contribution in [3.8, 4) is 6.07 Å². The number of aliphatic hydroxyl groups excluding tert-OH is 1. The van der Waals surface area contributed by atoms with Gasteiger partial charge in [0, 0.05) is 13.2 Å². The molecule has 19 heavy (non-hydrogen) atoms. The Balaban J connectivity index is 1.77. The third kappa shape index (κ3) is 4.05. The molecule has 0 bridgehead atoms. The molecular weight excluding hydrogens is 236 g/mol. The summed E-state index contributed by atoms with van der Waals surface area (Å²) in [6, 6.07) is 9.83. The van der Waals surface area contributed by atoms with Gasteiger partial charge in [0.25, 0.3) is 0 Å². The van der Waals surface area contributed by atoms with Crippen LogP contribution in [0.3, 0.4) is 0 Å². The van der Waals surface area contributed by atoms with Crippen molar-refractivity contribution in [1.82, 2.24) is 5.32 Å². The first-order valence-electron chi connectivity index (χ1n) is 7.14. The first-order chi connectivity index (χ1) is 9.33. The van der Waals surface area contributed by atoms with Gasteiger partial charge in [-0.2, -0.15) is 5.26 Å². The van der Waals surface area contributed by atoms with Crippen LogP contribution < -0.4 is 5.32 Å². The summed E-state index contributed by atoms with van der Waals surface area (Å²) in [6.07, 6.45) is 4.95. The molecule has 102 valence electrons. The summed E-state index contributed by atoms with van der Waals surface area (Å²) in [5, 5.41) is 21.6. The van der Waals surface area contributed by atoms with Crippen LogP contribution in [0.4, 0.5) is 0 Å². The molecule has 2 rings (SSSR count). The number of rotatable bonds is 5. The topological polar surface area (TPSA) is 56.0 Å². The van der Waals surface area contributed by atoms with Gasteiger partial charge in [-0.25, -0.2) is 0 Å². The number of benzene rings is 1. The van der Waals surface area contributed by atoms with Gasteiger partial charge in [0.1, 0.15) is 0 Å². The first kappa shape index (κ1) is 14.0. The van der Waals surface area contributed by atoms with Crippen LogP contribution >= 0.6 is 0 Å². The highest BCUT2D eigenvalue weighted by atomic mass is 16.3. The zero-order chi connectivity index (χ0) is 13.5. The van der Waals surface area contributed by atoms with Gasteiger partial charge >= 0.3 is 0 Å². The van der Waals surface area contributed by atoms with E-state index in [2.05, 4.69) is 11.4 Å². The molecule has 0 saturated heterocycles. The molecule has 0 amide bonds. The lowest BCUT2D eigenvalue weighted by atomic mass is 9.79. The molecule has 1 fully saturated rings. The fourth-order valence-corrected chi connectivity index (χ4v) is 2.89. The van der Waals surface area contributed by atoms with Gasteiger partial charge in [0.05, 0.1) is 11.6 Å². The van der Waals surface area contributed by atoms with E-state index in [-0.39, 0.29) is 0 Å². The Hall–Kier alpha value is -1.37. The van der Waals surface area contributed by atoms with Crippen molar-refractivity contribution in [3.05, 3.63) is 35.4 Å². The number of nitrogens with zero attached hydrogens (tertiary/aromatic N) is 1. The molecule has 1 aromatic rings. The van der Waals surface area contributed by atoms with Gasteiger partial charge in [0.2, 0.25) is 0 Å². The molecule has 0 radical (unpaired) electrons. The summed E-state index contributed by atoms with van der Waals surface area (Å²) in [6.45, 7) is 2.13. The van der Waals surface area contributed by atoms with Crippen LogP contribution in [0.2, 0.25) is 0 Å². The van der Waals surface area contributed by atoms with E-state index in [1.165, 1.54) is 31.2 Å². The SMILES string of the molecule is N#Cc1ccc(CNCC2CCCCC2CO)cc1. The molecule has 1 aliphatic carbocycles. The van der Waals surface area contributed by atoms with E-state index < -0.39 is 0 Å². The van der Waals surface area contributed by atoms with Gasteiger partial charge < -0.3 is 10.4 Å². The van der Waals surface area contributed by atoms with Crippen LogP contribution in [-0.2, 0) is 6.54 Å². The number of nitrogens with one attached hydrogen (secondary N) is 1. The maximum Gasteiger partial charge on any atom is 0.0991 e. The van der Waals surface area contributed by atoms with E-state index in [1.807, 2.05) is 24.3 Å². The van der Waals surface area contributed by atoms with Gasteiger partial charge in [-0.1, -0.05) is 25.0 Å². The van der Waals surface area contributed by atoms with Gasteiger partial charge in [-0.3, -0.25) is 0 Å². The number of nitriles is 1. The molecule has 1 aromatic carbocycles. The first-order valence-corrected chi connectivity index (χ1v) is 7.14. The quantitative estimate of drug-likeness (QED) is 0.853. The van der Waals surface area contributed by atoms with Crippen LogP contribution in [0, 0.1) is 23.2 Å². The Morgan fingerprint density at radius 1 is 1.16 bits per heavy atom. The van der Waals surface area contributed by atoms with Crippen molar-refractivity contribution < 1.29 is 5.11 Å². The molecule has 0 aromatic heterocycles. The fraction of sp³-hybridized carbons (Fsp3) is 0.562. The number of hydrogen-bond acceptors (Lipinski definition) is 3. The average molecular weight is 258 g/mol. The van der Waals surface area contributed by atoms with Crippen LogP contribution in [0.15, 0.2) is 24.3 Å². The van der Waals surface area contributed by atoms with E-state index in [4.69, 9.17) is 5.26 Å². The summed E-state index contributed by atoms with van der Waals surface area (Å²) in [4.78, 5) is 0. The van der Waals surface area contributed by atoms with Crippen LogP contribution in [0.25, 0.3) is 0 Å². The van der Waals surface area contributed by atoms with E-state index in [1.54, 1.807) is 0 Å². The molecule has 0 heterocycles. The Bertz CT molecular complexity index is 421. The zero-order valence-corrected chi connectivity index (χ0v) is 11.3. The van der Waals surface area contributed by atoms with Gasteiger partial charge in [0.15, 0.2) is 0 Å². The van der Waals surface area contributed by atoms with Crippen LogP contribution in [0.5, 0.6) is 0 Å². The molecule has 3 heteroatoms. The molecule has 3 nitrogen and oxygen atoms in total. The second kappa shape index (κ2) is 7.28. The Morgan fingerprint density at radius 2 is 1.84 bits per heavy atom. The summed E-state index contributed by atoms with van der Waals surface area (Å²) < 4.78 is 0. The number of hydrogen-bond donors (Lipinski definition) is 2. The maximum absolute atomic E-state index is 9.38. The highest BCUT2D eigenvalue weighted by Gasteiger charge is 2.23. The van der Waals surface area contributed by atoms with E-state index >= 15 is 0 Å². The second-order valence-electron chi connectivity index (χ2n) is 5.43. The molecule has 0 spiro atoms. The Kier molecular flexibility index (Phi) is 5.38. The summed E-state index contributed by atoms with van der Waals surface area (Å²) >= 11 is 0. The summed E-state index contributed by atoms with van der Waals surface area (Å²) in [7, 11) is 0. The average Bonchev–Trinajstić information content (AvgIpc) is 2.48. The highest BCUT2D eigenvalue weighted by molar-refractivity contribution is 5.31. The molecule has 2 atom stereocenters. The minimum absolute atomic E-state index is 0.323. The number of aliphatic hydroxyl groups is 1. The van der Waals surface area contributed by atoms with Crippen molar-refractivity contribution in [2.24, 2.45) is 11.8 Å². The lowest BCUT2D eigenvalue weighted by molar-refractivity contribution is 0.133. The molecule has 2 N–H and O–H groups in total. The van der Waals surface area contributed by atoms with Gasteiger partial charge in [-0.05, 0) is 48.9 Å². The van der Waals surface area contributed by atoms with Crippen molar-refractivity contribution >= 4 is 0 Å². The largest absolute Gasteiger partial charge is 0.396 e.